The van der Waals surface area contributed by atoms with Crippen molar-refractivity contribution in [3.05, 3.63) is 36.0 Å². The van der Waals surface area contributed by atoms with E-state index in [4.69, 9.17) is 0 Å². The van der Waals surface area contributed by atoms with Crippen LogP contribution in [0.3, 0.4) is 0 Å². The SMILES string of the molecule is c1ccc2c(CN3CC4CCCNC4C3)c[nH]c2c1. The van der Waals surface area contributed by atoms with Crippen LogP contribution in [0.25, 0.3) is 10.9 Å². The van der Waals surface area contributed by atoms with Gasteiger partial charge in [0.05, 0.1) is 0 Å². The molecule has 2 aromatic rings. The van der Waals surface area contributed by atoms with Crippen LogP contribution in [-0.4, -0.2) is 35.6 Å². The van der Waals surface area contributed by atoms with Crippen molar-refractivity contribution in [1.82, 2.24) is 15.2 Å². The number of piperidine rings is 1. The summed E-state index contributed by atoms with van der Waals surface area (Å²) >= 11 is 0. The van der Waals surface area contributed by atoms with Gasteiger partial charge in [-0.2, -0.15) is 0 Å². The monoisotopic (exact) mass is 255 g/mol. The third-order valence-electron chi connectivity index (χ3n) is 4.74. The maximum atomic E-state index is 3.68. The summed E-state index contributed by atoms with van der Waals surface area (Å²) in [6.07, 6.45) is 4.93. The van der Waals surface area contributed by atoms with Gasteiger partial charge in [0, 0.05) is 42.8 Å². The predicted octanol–water partition coefficient (Wildman–Crippen LogP) is 2.35. The van der Waals surface area contributed by atoms with Gasteiger partial charge in [-0.1, -0.05) is 18.2 Å². The molecule has 0 aliphatic carbocycles. The maximum Gasteiger partial charge on any atom is 0.0457 e. The second-order valence-corrected chi connectivity index (χ2v) is 6.02. The van der Waals surface area contributed by atoms with E-state index in [0.717, 1.165) is 18.5 Å². The summed E-state index contributed by atoms with van der Waals surface area (Å²) in [5.74, 6) is 0.874. The average Bonchev–Trinajstić information content (AvgIpc) is 3.03. The molecule has 2 aliphatic heterocycles. The molecule has 0 bridgehead atoms. The van der Waals surface area contributed by atoms with Crippen LogP contribution in [0.2, 0.25) is 0 Å². The van der Waals surface area contributed by atoms with Crippen molar-refractivity contribution in [3.63, 3.8) is 0 Å². The van der Waals surface area contributed by atoms with Crippen LogP contribution in [0.4, 0.5) is 0 Å². The van der Waals surface area contributed by atoms with Crippen LogP contribution < -0.4 is 5.32 Å². The average molecular weight is 255 g/mol. The first-order valence-corrected chi connectivity index (χ1v) is 7.41. The molecule has 1 aromatic carbocycles. The molecule has 2 saturated heterocycles. The number of hydrogen-bond donors (Lipinski definition) is 2. The number of para-hydroxylation sites is 1. The zero-order valence-electron chi connectivity index (χ0n) is 11.2. The first-order valence-electron chi connectivity index (χ1n) is 7.41. The number of likely N-dealkylation sites (tertiary alicyclic amines) is 1. The number of aromatic nitrogens is 1. The van der Waals surface area contributed by atoms with Crippen LogP contribution in [0.1, 0.15) is 18.4 Å². The van der Waals surface area contributed by atoms with Gasteiger partial charge in [-0.15, -0.1) is 0 Å². The third kappa shape index (κ3) is 2.07. The summed E-state index contributed by atoms with van der Waals surface area (Å²) < 4.78 is 0. The minimum absolute atomic E-state index is 0.735. The summed E-state index contributed by atoms with van der Waals surface area (Å²) in [6, 6.07) is 9.34. The van der Waals surface area contributed by atoms with Gasteiger partial charge in [-0.3, -0.25) is 4.90 Å². The summed E-state index contributed by atoms with van der Waals surface area (Å²) in [6.45, 7) is 4.77. The summed E-state index contributed by atoms with van der Waals surface area (Å²) in [4.78, 5) is 6.00. The highest BCUT2D eigenvalue weighted by Gasteiger charge is 2.34. The largest absolute Gasteiger partial charge is 0.361 e. The Morgan fingerprint density at radius 2 is 2.16 bits per heavy atom. The molecule has 0 amide bonds. The molecular weight excluding hydrogens is 234 g/mol. The van der Waals surface area contributed by atoms with E-state index >= 15 is 0 Å². The molecule has 3 heteroatoms. The number of hydrogen-bond acceptors (Lipinski definition) is 2. The van der Waals surface area contributed by atoms with E-state index in [2.05, 4.69) is 45.7 Å². The summed E-state index contributed by atoms with van der Waals surface area (Å²) in [5.41, 5.74) is 2.70. The maximum absolute atomic E-state index is 3.68. The van der Waals surface area contributed by atoms with E-state index in [1.165, 1.54) is 48.9 Å². The molecule has 19 heavy (non-hydrogen) atoms. The number of rotatable bonds is 2. The standard InChI is InChI=1S/C16H21N3/c1-2-6-15-14(5-1)13(8-18-15)10-19-9-12-4-3-7-17-16(12)11-19/h1-2,5-6,8,12,16-18H,3-4,7,9-11H2. The molecule has 2 N–H and O–H groups in total. The first-order chi connectivity index (χ1) is 9.40. The molecule has 0 radical (unpaired) electrons. The Kier molecular flexibility index (Phi) is 2.82. The van der Waals surface area contributed by atoms with E-state index in [1.807, 2.05) is 0 Å². The number of H-pyrrole nitrogens is 1. The lowest BCUT2D eigenvalue weighted by Gasteiger charge is -2.24. The van der Waals surface area contributed by atoms with Crippen LogP contribution in [0, 0.1) is 5.92 Å². The van der Waals surface area contributed by atoms with E-state index in [0.29, 0.717) is 0 Å². The van der Waals surface area contributed by atoms with Gasteiger partial charge in [0.2, 0.25) is 0 Å². The zero-order valence-corrected chi connectivity index (χ0v) is 11.2. The first kappa shape index (κ1) is 11.5. The molecule has 1 aromatic heterocycles. The van der Waals surface area contributed by atoms with Crippen molar-refractivity contribution in [2.75, 3.05) is 19.6 Å². The normalized spacial score (nSPS) is 27.8. The number of nitrogens with one attached hydrogen (secondary N) is 2. The Morgan fingerprint density at radius 1 is 1.21 bits per heavy atom. The Balaban J connectivity index is 1.52. The highest BCUT2D eigenvalue weighted by Crippen LogP contribution is 2.27. The smallest absolute Gasteiger partial charge is 0.0457 e. The van der Waals surface area contributed by atoms with Gasteiger partial charge >= 0.3 is 0 Å². The van der Waals surface area contributed by atoms with Gasteiger partial charge in [-0.05, 0) is 36.9 Å². The van der Waals surface area contributed by atoms with E-state index in [-0.39, 0.29) is 0 Å². The van der Waals surface area contributed by atoms with Crippen molar-refractivity contribution >= 4 is 10.9 Å². The van der Waals surface area contributed by atoms with E-state index in [9.17, 15) is 0 Å². The molecule has 2 atom stereocenters. The Morgan fingerprint density at radius 3 is 3.11 bits per heavy atom. The Hall–Kier alpha value is -1.32. The van der Waals surface area contributed by atoms with Gasteiger partial charge in [0.25, 0.3) is 0 Å². The molecule has 2 fully saturated rings. The number of fused-ring (bicyclic) bond motifs is 2. The second kappa shape index (κ2) is 4.66. The van der Waals surface area contributed by atoms with E-state index < -0.39 is 0 Å². The Bertz CT molecular complexity index is 560. The van der Waals surface area contributed by atoms with Crippen LogP contribution in [0.5, 0.6) is 0 Å². The summed E-state index contributed by atoms with van der Waals surface area (Å²) in [5, 5.41) is 5.06. The molecular formula is C16H21N3. The second-order valence-electron chi connectivity index (χ2n) is 6.02. The minimum Gasteiger partial charge on any atom is -0.361 e. The lowest BCUT2D eigenvalue weighted by atomic mass is 9.94. The van der Waals surface area contributed by atoms with Gasteiger partial charge in [0.15, 0.2) is 0 Å². The predicted molar refractivity (Wildman–Crippen MR) is 78.1 cm³/mol. The Labute approximate surface area is 114 Å². The number of nitrogens with zero attached hydrogens (tertiary/aromatic N) is 1. The molecule has 100 valence electrons. The van der Waals surface area contributed by atoms with Crippen molar-refractivity contribution in [1.29, 1.82) is 0 Å². The van der Waals surface area contributed by atoms with Crippen molar-refractivity contribution in [3.8, 4) is 0 Å². The van der Waals surface area contributed by atoms with Crippen LogP contribution >= 0.6 is 0 Å². The molecule has 3 heterocycles. The molecule has 2 aliphatic rings. The topological polar surface area (TPSA) is 31.1 Å². The van der Waals surface area contributed by atoms with Gasteiger partial charge in [0.1, 0.15) is 0 Å². The lowest BCUT2D eigenvalue weighted by molar-refractivity contribution is 0.313. The fourth-order valence-electron chi connectivity index (χ4n) is 3.77. The summed E-state index contributed by atoms with van der Waals surface area (Å²) in [7, 11) is 0. The molecule has 3 nitrogen and oxygen atoms in total. The molecule has 0 saturated carbocycles. The fraction of sp³-hybridized carbons (Fsp3) is 0.500. The van der Waals surface area contributed by atoms with Crippen molar-refractivity contribution in [2.45, 2.75) is 25.4 Å². The third-order valence-corrected chi connectivity index (χ3v) is 4.74. The zero-order chi connectivity index (χ0) is 12.7. The quantitative estimate of drug-likeness (QED) is 0.863. The van der Waals surface area contributed by atoms with Crippen molar-refractivity contribution < 1.29 is 0 Å². The lowest BCUT2D eigenvalue weighted by Crippen LogP contribution is -2.40. The number of aromatic amines is 1. The molecule has 2 unspecified atom stereocenters. The van der Waals surface area contributed by atoms with Crippen molar-refractivity contribution in [2.24, 2.45) is 5.92 Å². The highest BCUT2D eigenvalue weighted by molar-refractivity contribution is 5.82. The number of benzene rings is 1. The van der Waals surface area contributed by atoms with Crippen LogP contribution in [0.15, 0.2) is 30.5 Å². The molecule has 0 spiro atoms. The van der Waals surface area contributed by atoms with Gasteiger partial charge < -0.3 is 10.3 Å². The van der Waals surface area contributed by atoms with Crippen LogP contribution in [-0.2, 0) is 6.54 Å². The molecule has 4 rings (SSSR count). The van der Waals surface area contributed by atoms with Gasteiger partial charge in [-0.25, -0.2) is 0 Å². The highest BCUT2D eigenvalue weighted by atomic mass is 15.2. The minimum atomic E-state index is 0.735. The van der Waals surface area contributed by atoms with E-state index in [1.54, 1.807) is 0 Å². The fourth-order valence-corrected chi connectivity index (χ4v) is 3.77.